The van der Waals surface area contributed by atoms with Crippen molar-refractivity contribution in [2.24, 2.45) is 0 Å². The Labute approximate surface area is 102 Å². The maximum Gasteiger partial charge on any atom is 0.231 e. The average molecular weight is 250 g/mol. The minimum absolute atomic E-state index is 0. The molecule has 0 spiro atoms. The number of carbonyl (C=O) groups excluding carboxylic acids is 2. The fourth-order valence-corrected chi connectivity index (χ4v) is 1.55. The van der Waals surface area contributed by atoms with E-state index in [0.29, 0.717) is 0 Å². The molecule has 0 bridgehead atoms. The van der Waals surface area contributed by atoms with Crippen molar-refractivity contribution in [1.82, 2.24) is 15.5 Å². The lowest BCUT2D eigenvalue weighted by atomic mass is 10.1. The summed E-state index contributed by atoms with van der Waals surface area (Å²) in [7, 11) is 3.30. The Bertz CT molecular complexity index is 240. The predicted octanol–water partition coefficient (Wildman–Crippen LogP) is -0.245. The number of nitrogens with one attached hydrogen (secondary N) is 2. The van der Waals surface area contributed by atoms with Crippen LogP contribution in [-0.2, 0) is 9.59 Å². The van der Waals surface area contributed by atoms with Crippen LogP contribution in [0.5, 0.6) is 0 Å². The van der Waals surface area contributed by atoms with Crippen molar-refractivity contribution >= 4 is 24.2 Å². The second-order valence-electron chi connectivity index (χ2n) is 4.08. The zero-order valence-electron chi connectivity index (χ0n) is 9.78. The van der Waals surface area contributed by atoms with E-state index < -0.39 is 0 Å². The third kappa shape index (κ3) is 5.32. The van der Waals surface area contributed by atoms with Gasteiger partial charge in [0.1, 0.15) is 6.42 Å². The minimum Gasteiger partial charge on any atom is -0.352 e. The van der Waals surface area contributed by atoms with Gasteiger partial charge < -0.3 is 15.5 Å². The number of carbonyl (C=O) groups is 2. The zero-order valence-corrected chi connectivity index (χ0v) is 10.6. The first kappa shape index (κ1) is 15.2. The second-order valence-corrected chi connectivity index (χ2v) is 4.08. The molecule has 1 saturated heterocycles. The average Bonchev–Trinajstić information content (AvgIpc) is 2.18. The fraction of sp³-hybridized carbons (Fsp3) is 0.800. The number of rotatable bonds is 3. The normalized spacial score (nSPS) is 19.5. The van der Waals surface area contributed by atoms with Gasteiger partial charge in [-0.25, -0.2) is 0 Å². The fourth-order valence-electron chi connectivity index (χ4n) is 1.55. The molecule has 2 amide bonds. The summed E-state index contributed by atoms with van der Waals surface area (Å²) in [6, 6.07) is 0.182. The van der Waals surface area contributed by atoms with Crippen LogP contribution in [0.3, 0.4) is 0 Å². The van der Waals surface area contributed by atoms with Gasteiger partial charge in [0.2, 0.25) is 11.8 Å². The standard InChI is InChI=1S/C10H19N3O2.ClH/c1-13(2)10(15)6-9(14)12-8-4-3-5-11-7-8;/h8,11H,3-7H2,1-2H3,(H,12,14);1H/t8-;/m0./s1. The van der Waals surface area contributed by atoms with E-state index in [1.54, 1.807) is 14.1 Å². The van der Waals surface area contributed by atoms with E-state index in [4.69, 9.17) is 0 Å². The number of hydrogen-bond donors (Lipinski definition) is 2. The van der Waals surface area contributed by atoms with E-state index in [9.17, 15) is 9.59 Å². The van der Waals surface area contributed by atoms with Gasteiger partial charge in [-0.1, -0.05) is 0 Å². The number of nitrogens with zero attached hydrogens (tertiary/aromatic N) is 1. The lowest BCUT2D eigenvalue weighted by Crippen LogP contribution is -2.46. The molecule has 0 aromatic carbocycles. The van der Waals surface area contributed by atoms with E-state index in [-0.39, 0.29) is 36.7 Å². The summed E-state index contributed by atoms with van der Waals surface area (Å²) < 4.78 is 0. The van der Waals surface area contributed by atoms with Gasteiger partial charge in [0.15, 0.2) is 0 Å². The van der Waals surface area contributed by atoms with Crippen molar-refractivity contribution in [3.63, 3.8) is 0 Å². The Balaban J connectivity index is 0.00000225. The highest BCUT2D eigenvalue weighted by molar-refractivity contribution is 5.96. The van der Waals surface area contributed by atoms with Crippen LogP contribution in [0, 0.1) is 0 Å². The van der Waals surface area contributed by atoms with Crippen molar-refractivity contribution < 1.29 is 9.59 Å². The zero-order chi connectivity index (χ0) is 11.3. The van der Waals surface area contributed by atoms with Crippen LogP contribution < -0.4 is 10.6 Å². The van der Waals surface area contributed by atoms with Crippen molar-refractivity contribution in [3.8, 4) is 0 Å². The van der Waals surface area contributed by atoms with Crippen LogP contribution >= 0.6 is 12.4 Å². The molecule has 5 nitrogen and oxygen atoms in total. The monoisotopic (exact) mass is 249 g/mol. The van der Waals surface area contributed by atoms with E-state index >= 15 is 0 Å². The molecule has 0 aromatic rings. The van der Waals surface area contributed by atoms with Crippen LogP contribution in [0.25, 0.3) is 0 Å². The molecule has 1 heterocycles. The molecule has 94 valence electrons. The maximum atomic E-state index is 11.4. The summed E-state index contributed by atoms with van der Waals surface area (Å²) in [6.07, 6.45) is 2.02. The lowest BCUT2D eigenvalue weighted by molar-refractivity contribution is -0.134. The van der Waals surface area contributed by atoms with Gasteiger partial charge in [0, 0.05) is 26.7 Å². The topological polar surface area (TPSA) is 61.4 Å². The quantitative estimate of drug-likeness (QED) is 0.679. The highest BCUT2D eigenvalue weighted by atomic mass is 35.5. The summed E-state index contributed by atoms with van der Waals surface area (Å²) in [4.78, 5) is 24.1. The van der Waals surface area contributed by atoms with Crippen LogP contribution in [0.1, 0.15) is 19.3 Å². The predicted molar refractivity (Wildman–Crippen MR) is 64.6 cm³/mol. The molecule has 6 heteroatoms. The molecule has 1 atom stereocenters. The molecule has 0 saturated carbocycles. The van der Waals surface area contributed by atoms with E-state index in [2.05, 4.69) is 10.6 Å². The molecule has 0 aromatic heterocycles. The van der Waals surface area contributed by atoms with Gasteiger partial charge >= 0.3 is 0 Å². The number of halogens is 1. The largest absolute Gasteiger partial charge is 0.352 e. The summed E-state index contributed by atoms with van der Waals surface area (Å²) in [5.74, 6) is -0.335. The molecule has 1 rings (SSSR count). The lowest BCUT2D eigenvalue weighted by Gasteiger charge is -2.23. The van der Waals surface area contributed by atoms with Gasteiger partial charge in [-0.05, 0) is 19.4 Å². The van der Waals surface area contributed by atoms with Gasteiger partial charge in [-0.15, -0.1) is 12.4 Å². The van der Waals surface area contributed by atoms with Crippen molar-refractivity contribution in [1.29, 1.82) is 0 Å². The van der Waals surface area contributed by atoms with Crippen LogP contribution in [0.2, 0.25) is 0 Å². The molecule has 16 heavy (non-hydrogen) atoms. The van der Waals surface area contributed by atoms with E-state index in [1.807, 2.05) is 0 Å². The van der Waals surface area contributed by atoms with Gasteiger partial charge in [-0.3, -0.25) is 9.59 Å². The summed E-state index contributed by atoms with van der Waals surface area (Å²) in [5, 5.41) is 6.06. The Morgan fingerprint density at radius 2 is 2.12 bits per heavy atom. The summed E-state index contributed by atoms with van der Waals surface area (Å²) in [6.45, 7) is 1.82. The van der Waals surface area contributed by atoms with Gasteiger partial charge in [-0.2, -0.15) is 0 Å². The van der Waals surface area contributed by atoms with Crippen molar-refractivity contribution in [2.75, 3.05) is 27.2 Å². The van der Waals surface area contributed by atoms with Crippen molar-refractivity contribution in [3.05, 3.63) is 0 Å². The smallest absolute Gasteiger partial charge is 0.231 e. The molecule has 1 aliphatic rings. The van der Waals surface area contributed by atoms with Gasteiger partial charge in [0.05, 0.1) is 0 Å². The Morgan fingerprint density at radius 3 is 2.62 bits per heavy atom. The van der Waals surface area contributed by atoms with E-state index in [1.165, 1.54) is 4.90 Å². The molecule has 0 aliphatic carbocycles. The van der Waals surface area contributed by atoms with Crippen molar-refractivity contribution in [2.45, 2.75) is 25.3 Å². The highest BCUT2D eigenvalue weighted by Crippen LogP contribution is 2.01. The summed E-state index contributed by atoms with van der Waals surface area (Å²) in [5.41, 5.74) is 0. The van der Waals surface area contributed by atoms with Crippen LogP contribution in [-0.4, -0.2) is 49.9 Å². The third-order valence-corrected chi connectivity index (χ3v) is 2.47. The minimum atomic E-state index is -0.178. The molecule has 0 radical (unpaired) electrons. The highest BCUT2D eigenvalue weighted by Gasteiger charge is 2.17. The van der Waals surface area contributed by atoms with Crippen LogP contribution in [0.15, 0.2) is 0 Å². The Hall–Kier alpha value is -0.810. The Kier molecular flexibility index (Phi) is 7.08. The first-order valence-corrected chi connectivity index (χ1v) is 5.30. The second kappa shape index (κ2) is 7.46. The van der Waals surface area contributed by atoms with E-state index in [0.717, 1.165) is 25.9 Å². The maximum absolute atomic E-state index is 11.4. The number of hydrogen-bond acceptors (Lipinski definition) is 3. The molecule has 0 unspecified atom stereocenters. The number of piperidine rings is 1. The third-order valence-electron chi connectivity index (χ3n) is 2.47. The SMILES string of the molecule is CN(C)C(=O)CC(=O)N[C@H]1CCCNC1.Cl. The Morgan fingerprint density at radius 1 is 1.44 bits per heavy atom. The van der Waals surface area contributed by atoms with Crippen LogP contribution in [0.4, 0.5) is 0 Å². The molecular weight excluding hydrogens is 230 g/mol. The first-order valence-electron chi connectivity index (χ1n) is 5.30. The summed E-state index contributed by atoms with van der Waals surface area (Å²) >= 11 is 0. The first-order chi connectivity index (χ1) is 7.09. The molecular formula is C10H20ClN3O2. The van der Waals surface area contributed by atoms with Gasteiger partial charge in [0.25, 0.3) is 0 Å². The molecule has 1 fully saturated rings. The molecule has 1 aliphatic heterocycles. The number of amides is 2. The molecule has 2 N–H and O–H groups in total.